The molecule has 0 aliphatic rings. The number of hydrogen-bond acceptors (Lipinski definition) is 6. The zero-order valence-electron chi connectivity index (χ0n) is 12.4. The summed E-state index contributed by atoms with van der Waals surface area (Å²) in [6, 6.07) is 8.69. The molecule has 0 aliphatic carbocycles. The van der Waals surface area contributed by atoms with Gasteiger partial charge in [0.25, 0.3) is 0 Å². The van der Waals surface area contributed by atoms with Gasteiger partial charge in [-0.15, -0.1) is 11.3 Å². The van der Waals surface area contributed by atoms with Gasteiger partial charge in [0, 0.05) is 16.6 Å². The molecule has 1 aromatic carbocycles. The highest BCUT2D eigenvalue weighted by atomic mass is 32.1. The van der Waals surface area contributed by atoms with Crippen molar-refractivity contribution in [3.63, 3.8) is 0 Å². The molecule has 0 radical (unpaired) electrons. The van der Waals surface area contributed by atoms with Gasteiger partial charge in [0.2, 0.25) is 0 Å². The van der Waals surface area contributed by atoms with Crippen LogP contribution in [0.4, 0.5) is 5.69 Å². The van der Waals surface area contributed by atoms with Crippen molar-refractivity contribution in [2.45, 2.75) is 0 Å². The van der Waals surface area contributed by atoms with E-state index >= 15 is 0 Å². The summed E-state index contributed by atoms with van der Waals surface area (Å²) in [6.07, 6.45) is 1.45. The molecule has 0 atom stereocenters. The first kappa shape index (κ1) is 15.6. The number of rotatable bonds is 3. The normalized spacial score (nSPS) is 10.5. The summed E-state index contributed by atoms with van der Waals surface area (Å²) in [6.45, 7) is 0. The number of nitrogens with two attached hydrogens (primary N) is 1. The van der Waals surface area contributed by atoms with Crippen LogP contribution in [0.15, 0.2) is 30.5 Å². The van der Waals surface area contributed by atoms with E-state index in [0.29, 0.717) is 5.69 Å². The molecule has 0 bridgehead atoms. The van der Waals surface area contributed by atoms with Crippen molar-refractivity contribution in [3.8, 4) is 11.8 Å². The van der Waals surface area contributed by atoms with Crippen LogP contribution in [0.2, 0.25) is 0 Å². The zero-order chi connectivity index (χ0) is 17.4. The maximum Gasteiger partial charge on any atom is 0.357 e. The summed E-state index contributed by atoms with van der Waals surface area (Å²) in [4.78, 5) is 23.3. The fraction of sp³-hybridized carbons (Fsp3) is 0.0625. The Kier molecular flexibility index (Phi) is 3.71. The second-order valence-electron chi connectivity index (χ2n) is 4.92. The molecular formula is C16H11N3O4S. The number of methoxy groups -OCH3 is 1. The molecule has 0 saturated carbocycles. The van der Waals surface area contributed by atoms with Crippen molar-refractivity contribution >= 4 is 39.0 Å². The number of carboxylic acids is 1. The molecule has 3 N–H and O–H groups in total. The second-order valence-corrected chi connectivity index (χ2v) is 6.00. The Hall–Kier alpha value is -3.31. The van der Waals surface area contributed by atoms with Crippen molar-refractivity contribution in [3.05, 3.63) is 46.6 Å². The SMILES string of the molecule is COC(=O)c1c(N)c(C#N)cn1-c1ccc2sc(C(=O)O)cc2c1. The molecule has 3 rings (SSSR count). The third kappa shape index (κ3) is 2.37. The lowest BCUT2D eigenvalue weighted by Gasteiger charge is -2.08. The van der Waals surface area contributed by atoms with Crippen LogP contribution in [0, 0.1) is 11.3 Å². The van der Waals surface area contributed by atoms with E-state index in [1.165, 1.54) is 17.9 Å². The van der Waals surface area contributed by atoms with Crippen LogP contribution in [0.5, 0.6) is 0 Å². The largest absolute Gasteiger partial charge is 0.477 e. The number of nitriles is 1. The van der Waals surface area contributed by atoms with E-state index in [4.69, 9.17) is 20.8 Å². The number of carbonyl (C=O) groups excluding carboxylic acids is 1. The number of fused-ring (bicyclic) bond motifs is 1. The third-order valence-electron chi connectivity index (χ3n) is 3.53. The first-order valence-corrected chi connectivity index (χ1v) is 7.54. The fourth-order valence-corrected chi connectivity index (χ4v) is 3.29. The number of nitrogens with zero attached hydrogens (tertiary/aromatic N) is 2. The van der Waals surface area contributed by atoms with Crippen molar-refractivity contribution in [1.29, 1.82) is 5.26 Å². The summed E-state index contributed by atoms with van der Waals surface area (Å²) in [5.74, 6) is -1.66. The maximum atomic E-state index is 12.0. The second kappa shape index (κ2) is 5.72. The number of thiophene rings is 1. The van der Waals surface area contributed by atoms with Crippen LogP contribution >= 0.6 is 11.3 Å². The van der Waals surface area contributed by atoms with E-state index in [0.717, 1.165) is 21.4 Å². The number of aromatic nitrogens is 1. The molecule has 3 aromatic rings. The molecule has 0 aliphatic heterocycles. The Bertz CT molecular complexity index is 1030. The molecule has 24 heavy (non-hydrogen) atoms. The highest BCUT2D eigenvalue weighted by Gasteiger charge is 2.22. The Morgan fingerprint density at radius 3 is 2.75 bits per heavy atom. The summed E-state index contributed by atoms with van der Waals surface area (Å²) in [5, 5.41) is 18.9. The van der Waals surface area contributed by atoms with E-state index in [1.807, 2.05) is 6.07 Å². The number of carboxylic acid groups (broad SMARTS) is 1. The van der Waals surface area contributed by atoms with E-state index in [-0.39, 0.29) is 21.8 Å². The van der Waals surface area contributed by atoms with E-state index in [1.54, 1.807) is 24.3 Å². The van der Waals surface area contributed by atoms with Crippen LogP contribution < -0.4 is 5.73 Å². The average molecular weight is 341 g/mol. The van der Waals surface area contributed by atoms with Crippen molar-refractivity contribution in [1.82, 2.24) is 4.57 Å². The zero-order valence-corrected chi connectivity index (χ0v) is 13.3. The molecule has 0 saturated heterocycles. The predicted octanol–water partition coefficient (Wildman–Crippen LogP) is 2.63. The van der Waals surface area contributed by atoms with Crippen molar-refractivity contribution in [2.75, 3.05) is 12.8 Å². The number of esters is 1. The molecule has 0 fully saturated rings. The highest BCUT2D eigenvalue weighted by Crippen LogP contribution is 2.30. The minimum Gasteiger partial charge on any atom is -0.477 e. The van der Waals surface area contributed by atoms with Gasteiger partial charge in [0.05, 0.1) is 18.4 Å². The quantitative estimate of drug-likeness (QED) is 0.707. The monoisotopic (exact) mass is 341 g/mol. The van der Waals surface area contributed by atoms with E-state index in [9.17, 15) is 9.59 Å². The molecule has 120 valence electrons. The molecule has 0 unspecified atom stereocenters. The van der Waals surface area contributed by atoms with Crippen LogP contribution in [0.25, 0.3) is 15.8 Å². The number of ether oxygens (including phenoxy) is 1. The number of anilines is 1. The molecule has 0 spiro atoms. The van der Waals surface area contributed by atoms with E-state index in [2.05, 4.69) is 0 Å². The Morgan fingerprint density at radius 2 is 2.12 bits per heavy atom. The molecular weight excluding hydrogens is 330 g/mol. The smallest absolute Gasteiger partial charge is 0.357 e. The summed E-state index contributed by atoms with van der Waals surface area (Å²) in [7, 11) is 1.23. The Labute approximate surface area is 140 Å². The predicted molar refractivity (Wildman–Crippen MR) is 88.6 cm³/mol. The van der Waals surface area contributed by atoms with Crippen LogP contribution in [-0.2, 0) is 4.74 Å². The van der Waals surface area contributed by atoms with Gasteiger partial charge < -0.3 is 20.1 Å². The Balaban J connectivity index is 2.22. The van der Waals surface area contributed by atoms with Gasteiger partial charge in [-0.3, -0.25) is 0 Å². The lowest BCUT2D eigenvalue weighted by Crippen LogP contribution is -2.11. The topological polar surface area (TPSA) is 118 Å². The number of hydrogen-bond donors (Lipinski definition) is 2. The van der Waals surface area contributed by atoms with Crippen LogP contribution in [0.3, 0.4) is 0 Å². The molecule has 8 heteroatoms. The van der Waals surface area contributed by atoms with Crippen molar-refractivity contribution < 1.29 is 19.4 Å². The van der Waals surface area contributed by atoms with Gasteiger partial charge >= 0.3 is 11.9 Å². The summed E-state index contributed by atoms with van der Waals surface area (Å²) in [5.41, 5.74) is 6.70. The highest BCUT2D eigenvalue weighted by molar-refractivity contribution is 7.20. The standard InChI is InChI=1S/C16H11N3O4S/c1-23-16(22)14-13(18)9(6-17)7-19(14)10-2-3-11-8(4-10)5-12(24-11)15(20)21/h2-5,7H,18H2,1H3,(H,20,21). The van der Waals surface area contributed by atoms with Gasteiger partial charge in [-0.1, -0.05) is 0 Å². The molecule has 2 aromatic heterocycles. The van der Waals surface area contributed by atoms with Gasteiger partial charge in [-0.2, -0.15) is 5.26 Å². The lowest BCUT2D eigenvalue weighted by atomic mass is 10.2. The van der Waals surface area contributed by atoms with Crippen LogP contribution in [0.1, 0.15) is 25.7 Å². The number of benzene rings is 1. The van der Waals surface area contributed by atoms with E-state index < -0.39 is 11.9 Å². The van der Waals surface area contributed by atoms with Gasteiger partial charge in [-0.05, 0) is 29.7 Å². The van der Waals surface area contributed by atoms with Crippen molar-refractivity contribution in [2.24, 2.45) is 0 Å². The van der Waals surface area contributed by atoms with Gasteiger partial charge in [0.15, 0.2) is 5.69 Å². The molecule has 2 heterocycles. The van der Waals surface area contributed by atoms with Crippen LogP contribution in [-0.4, -0.2) is 28.7 Å². The fourth-order valence-electron chi connectivity index (χ4n) is 2.40. The number of carbonyl (C=O) groups is 2. The molecule has 0 amide bonds. The average Bonchev–Trinajstić information content (AvgIpc) is 3.14. The Morgan fingerprint density at radius 1 is 1.38 bits per heavy atom. The first-order valence-electron chi connectivity index (χ1n) is 6.72. The molecule has 7 nitrogen and oxygen atoms in total. The van der Waals surface area contributed by atoms with Gasteiger partial charge in [-0.25, -0.2) is 9.59 Å². The first-order chi connectivity index (χ1) is 11.5. The minimum atomic E-state index is -0.995. The number of nitrogen functional groups attached to an aromatic ring is 1. The summed E-state index contributed by atoms with van der Waals surface area (Å²) < 4.78 is 7.01. The lowest BCUT2D eigenvalue weighted by molar-refractivity contribution is 0.0592. The minimum absolute atomic E-state index is 0.0426. The third-order valence-corrected chi connectivity index (χ3v) is 4.64. The number of aromatic carboxylic acids is 1. The summed E-state index contributed by atoms with van der Waals surface area (Å²) >= 11 is 1.16. The van der Waals surface area contributed by atoms with Gasteiger partial charge in [0.1, 0.15) is 10.9 Å². The maximum absolute atomic E-state index is 12.0.